The molecule has 4 nitrogen and oxygen atoms in total. The van der Waals surface area contributed by atoms with Gasteiger partial charge in [-0.25, -0.2) is 8.42 Å². The molecule has 1 heterocycles. The van der Waals surface area contributed by atoms with Crippen molar-refractivity contribution >= 4 is 10.0 Å². The number of hydrogen-bond acceptors (Lipinski definition) is 3. The maximum absolute atomic E-state index is 12.5. The van der Waals surface area contributed by atoms with Crippen LogP contribution in [0.3, 0.4) is 0 Å². The Labute approximate surface area is 121 Å². The smallest absolute Gasteiger partial charge is 0.243 e. The van der Waals surface area contributed by atoms with Gasteiger partial charge in [0.1, 0.15) is 0 Å². The first-order chi connectivity index (χ1) is 9.45. The Morgan fingerprint density at radius 1 is 1.20 bits per heavy atom. The second kappa shape index (κ2) is 5.96. The maximum Gasteiger partial charge on any atom is 0.243 e. The molecule has 2 N–H and O–H groups in total. The summed E-state index contributed by atoms with van der Waals surface area (Å²) in [5.74, 6) is 6.44. The number of rotatable bonds is 2. The lowest BCUT2D eigenvalue weighted by atomic mass is 10.0. The second-order valence-corrected chi connectivity index (χ2v) is 7.24. The molecule has 1 saturated heterocycles. The van der Waals surface area contributed by atoms with Crippen LogP contribution in [0.15, 0.2) is 29.2 Å². The Kier molecular flexibility index (Phi) is 4.48. The summed E-state index contributed by atoms with van der Waals surface area (Å²) in [5.41, 5.74) is 6.08. The molecule has 1 aliphatic rings. The summed E-state index contributed by atoms with van der Waals surface area (Å²) < 4.78 is 26.6. The molecule has 0 bridgehead atoms. The average molecular weight is 292 g/mol. The minimum Gasteiger partial charge on any atom is -0.320 e. The van der Waals surface area contributed by atoms with Gasteiger partial charge in [0.2, 0.25) is 10.0 Å². The fourth-order valence-electron chi connectivity index (χ4n) is 2.29. The van der Waals surface area contributed by atoms with E-state index in [1.54, 1.807) is 28.6 Å². The summed E-state index contributed by atoms with van der Waals surface area (Å²) in [6.07, 6.45) is 0. The molecule has 0 spiro atoms. The van der Waals surface area contributed by atoms with E-state index in [0.717, 1.165) is 5.56 Å². The molecular formula is C15H20N2O2S. The van der Waals surface area contributed by atoms with Gasteiger partial charge in [0.25, 0.3) is 0 Å². The van der Waals surface area contributed by atoms with Crippen molar-refractivity contribution in [1.82, 2.24) is 4.31 Å². The van der Waals surface area contributed by atoms with Crippen molar-refractivity contribution in [3.63, 3.8) is 0 Å². The Bertz CT molecular complexity index is 616. The monoisotopic (exact) mass is 292 g/mol. The standard InChI is InChI=1S/C15H20N2O2S/c1-12-10-17(11-13(12)2)20(18,19)15-7-5-14(6-8-15)4-3-9-16/h5-8,12-13H,9-11,16H2,1-2H3. The van der Waals surface area contributed by atoms with Crippen molar-refractivity contribution in [3.05, 3.63) is 29.8 Å². The lowest BCUT2D eigenvalue weighted by molar-refractivity contribution is 0.463. The summed E-state index contributed by atoms with van der Waals surface area (Å²) in [6, 6.07) is 6.67. The first-order valence-electron chi connectivity index (χ1n) is 6.74. The van der Waals surface area contributed by atoms with Gasteiger partial charge in [-0.3, -0.25) is 0 Å². The Morgan fingerprint density at radius 3 is 2.25 bits per heavy atom. The third kappa shape index (κ3) is 3.04. The molecule has 5 heteroatoms. The Morgan fingerprint density at radius 2 is 1.75 bits per heavy atom. The normalized spacial score (nSPS) is 23.4. The molecule has 1 aromatic carbocycles. The van der Waals surface area contributed by atoms with Crippen molar-refractivity contribution in [2.75, 3.05) is 19.6 Å². The molecule has 2 unspecified atom stereocenters. The fourth-order valence-corrected chi connectivity index (χ4v) is 3.93. The van der Waals surface area contributed by atoms with Gasteiger partial charge < -0.3 is 5.73 Å². The lowest BCUT2D eigenvalue weighted by Crippen LogP contribution is -2.29. The minimum atomic E-state index is -3.38. The van der Waals surface area contributed by atoms with Gasteiger partial charge in [-0.15, -0.1) is 0 Å². The maximum atomic E-state index is 12.5. The van der Waals surface area contributed by atoms with Crippen molar-refractivity contribution in [2.24, 2.45) is 17.6 Å². The molecule has 0 saturated carbocycles. The van der Waals surface area contributed by atoms with Crippen molar-refractivity contribution in [1.29, 1.82) is 0 Å². The summed E-state index contributed by atoms with van der Waals surface area (Å²) in [5, 5.41) is 0. The molecule has 0 aliphatic carbocycles. The van der Waals surface area contributed by atoms with E-state index in [-0.39, 0.29) is 0 Å². The predicted molar refractivity (Wildman–Crippen MR) is 79.5 cm³/mol. The van der Waals surface area contributed by atoms with Crippen LogP contribution in [0.1, 0.15) is 19.4 Å². The highest BCUT2D eigenvalue weighted by Gasteiger charge is 2.34. The van der Waals surface area contributed by atoms with Crippen molar-refractivity contribution < 1.29 is 8.42 Å². The van der Waals surface area contributed by atoms with E-state index < -0.39 is 10.0 Å². The van der Waals surface area contributed by atoms with Gasteiger partial charge in [0.05, 0.1) is 11.4 Å². The van der Waals surface area contributed by atoms with Gasteiger partial charge >= 0.3 is 0 Å². The van der Waals surface area contributed by atoms with Crippen LogP contribution in [-0.4, -0.2) is 32.4 Å². The molecule has 2 atom stereocenters. The molecule has 1 aromatic rings. The summed E-state index contributed by atoms with van der Waals surface area (Å²) in [6.45, 7) is 5.66. The van der Waals surface area contributed by atoms with E-state index in [2.05, 4.69) is 25.7 Å². The second-order valence-electron chi connectivity index (χ2n) is 5.31. The van der Waals surface area contributed by atoms with Gasteiger partial charge in [0.15, 0.2) is 0 Å². The van der Waals surface area contributed by atoms with Crippen molar-refractivity contribution in [2.45, 2.75) is 18.7 Å². The molecule has 0 radical (unpaired) electrons. The number of nitrogens with zero attached hydrogens (tertiary/aromatic N) is 1. The van der Waals surface area contributed by atoms with Crippen LogP contribution < -0.4 is 5.73 Å². The van der Waals surface area contributed by atoms with Gasteiger partial charge in [-0.05, 0) is 36.1 Å². The first kappa shape index (κ1) is 15.0. The van der Waals surface area contributed by atoms with E-state index in [0.29, 0.717) is 36.4 Å². The molecular weight excluding hydrogens is 272 g/mol. The van der Waals surface area contributed by atoms with Gasteiger partial charge in [-0.1, -0.05) is 25.7 Å². The van der Waals surface area contributed by atoms with Crippen LogP contribution in [0.4, 0.5) is 0 Å². The summed E-state index contributed by atoms with van der Waals surface area (Å²) >= 11 is 0. The van der Waals surface area contributed by atoms with E-state index >= 15 is 0 Å². The Balaban J connectivity index is 2.22. The van der Waals surface area contributed by atoms with E-state index in [1.165, 1.54) is 0 Å². The number of sulfonamides is 1. The van der Waals surface area contributed by atoms with Crippen LogP contribution in [0.5, 0.6) is 0 Å². The Hall–Kier alpha value is -1.35. The fraction of sp³-hybridized carbons (Fsp3) is 0.467. The highest BCUT2D eigenvalue weighted by Crippen LogP contribution is 2.27. The van der Waals surface area contributed by atoms with E-state index in [1.807, 2.05) is 0 Å². The third-order valence-corrected chi connectivity index (χ3v) is 5.63. The number of hydrogen-bond donors (Lipinski definition) is 1. The quantitative estimate of drug-likeness (QED) is 0.835. The average Bonchev–Trinajstić information content (AvgIpc) is 2.77. The van der Waals surface area contributed by atoms with Crippen molar-refractivity contribution in [3.8, 4) is 11.8 Å². The summed E-state index contributed by atoms with van der Waals surface area (Å²) in [4.78, 5) is 0.331. The largest absolute Gasteiger partial charge is 0.320 e. The molecule has 1 aliphatic heterocycles. The minimum absolute atomic E-state index is 0.295. The third-order valence-electron chi connectivity index (χ3n) is 3.78. The van der Waals surface area contributed by atoms with Gasteiger partial charge in [0, 0.05) is 18.7 Å². The molecule has 108 valence electrons. The zero-order chi connectivity index (χ0) is 14.8. The summed E-state index contributed by atoms with van der Waals surface area (Å²) in [7, 11) is -3.38. The lowest BCUT2D eigenvalue weighted by Gasteiger charge is -2.16. The predicted octanol–water partition coefficient (Wildman–Crippen LogP) is 1.27. The van der Waals surface area contributed by atoms with Crippen LogP contribution in [-0.2, 0) is 10.0 Å². The van der Waals surface area contributed by atoms with Crippen LogP contribution in [0.25, 0.3) is 0 Å². The zero-order valence-corrected chi connectivity index (χ0v) is 12.7. The first-order valence-corrected chi connectivity index (χ1v) is 8.18. The molecule has 1 fully saturated rings. The van der Waals surface area contributed by atoms with E-state index in [9.17, 15) is 8.42 Å². The highest BCUT2D eigenvalue weighted by atomic mass is 32.2. The van der Waals surface area contributed by atoms with Crippen LogP contribution in [0, 0.1) is 23.7 Å². The highest BCUT2D eigenvalue weighted by molar-refractivity contribution is 7.89. The number of nitrogens with two attached hydrogens (primary N) is 1. The molecule has 0 aromatic heterocycles. The van der Waals surface area contributed by atoms with Gasteiger partial charge in [-0.2, -0.15) is 4.31 Å². The molecule has 0 amide bonds. The molecule has 2 rings (SSSR count). The topological polar surface area (TPSA) is 63.4 Å². The molecule has 20 heavy (non-hydrogen) atoms. The van der Waals surface area contributed by atoms with E-state index in [4.69, 9.17) is 5.73 Å². The number of benzene rings is 1. The van der Waals surface area contributed by atoms with Crippen LogP contribution in [0.2, 0.25) is 0 Å². The van der Waals surface area contributed by atoms with Crippen LogP contribution >= 0.6 is 0 Å². The SMILES string of the molecule is CC1CN(S(=O)(=O)c2ccc(C#CCN)cc2)CC1C. The zero-order valence-electron chi connectivity index (χ0n) is 11.8.